The number of non-ortho nitro benzene ring substituents is 1. The van der Waals surface area contributed by atoms with Gasteiger partial charge in [-0.25, -0.2) is 0 Å². The first-order valence-electron chi connectivity index (χ1n) is 8.78. The number of nitrogens with zero attached hydrogens (tertiary/aromatic N) is 1. The number of hydrogen-bond acceptors (Lipinski definition) is 4. The molecule has 1 amide bonds. The molecule has 138 valence electrons. The number of amides is 1. The lowest BCUT2D eigenvalue weighted by Crippen LogP contribution is -2.33. The summed E-state index contributed by atoms with van der Waals surface area (Å²) >= 11 is 0. The maximum absolute atomic E-state index is 12.4. The quantitative estimate of drug-likeness (QED) is 0.550. The van der Waals surface area contributed by atoms with Gasteiger partial charge in [-0.05, 0) is 36.5 Å². The number of nitro benzene ring substituents is 1. The zero-order valence-electron chi connectivity index (χ0n) is 15.1. The zero-order chi connectivity index (χ0) is 19.1. The average molecular weight is 355 g/mol. The third-order valence-corrected chi connectivity index (χ3v) is 4.60. The summed E-state index contributed by atoms with van der Waals surface area (Å²) < 4.78 is 0. The van der Waals surface area contributed by atoms with E-state index in [-0.39, 0.29) is 29.5 Å². The van der Waals surface area contributed by atoms with Crippen LogP contribution in [0, 0.1) is 16.0 Å². The van der Waals surface area contributed by atoms with Crippen LogP contribution in [0.5, 0.6) is 0 Å². The summed E-state index contributed by atoms with van der Waals surface area (Å²) in [5, 5.41) is 13.7. The zero-order valence-corrected chi connectivity index (χ0v) is 15.1. The van der Waals surface area contributed by atoms with E-state index in [4.69, 9.17) is 5.73 Å². The first-order chi connectivity index (χ1) is 12.4. The van der Waals surface area contributed by atoms with Crippen LogP contribution >= 0.6 is 0 Å². The van der Waals surface area contributed by atoms with E-state index in [9.17, 15) is 14.9 Å². The molecule has 3 atom stereocenters. The molecular formula is C20H25N3O3. The minimum atomic E-state index is -0.416. The topological polar surface area (TPSA) is 98.3 Å². The monoisotopic (exact) mass is 355 g/mol. The van der Waals surface area contributed by atoms with Crippen molar-refractivity contribution in [2.75, 3.05) is 5.32 Å². The van der Waals surface area contributed by atoms with Crippen molar-refractivity contribution in [1.82, 2.24) is 0 Å². The fraction of sp³-hybridized carbons (Fsp3) is 0.350. The Hall–Kier alpha value is -2.73. The number of benzene rings is 2. The molecule has 6 nitrogen and oxygen atoms in total. The summed E-state index contributed by atoms with van der Waals surface area (Å²) in [5.41, 5.74) is 8.16. The molecule has 0 aromatic heterocycles. The van der Waals surface area contributed by atoms with Crippen molar-refractivity contribution in [3.8, 4) is 0 Å². The Labute approximate surface area is 153 Å². The molecule has 2 aromatic rings. The van der Waals surface area contributed by atoms with Crippen LogP contribution in [0.1, 0.15) is 38.2 Å². The summed E-state index contributed by atoms with van der Waals surface area (Å²) in [6.07, 6.45) is 1.33. The Morgan fingerprint density at radius 1 is 1.15 bits per heavy atom. The van der Waals surface area contributed by atoms with Gasteiger partial charge in [0.05, 0.1) is 4.92 Å². The standard InChI is InChI=1S/C20H25N3O3/c1-3-18(15-9-11-17(12-10-15)23(25)26)19(21)13-14(2)20(24)22-16-7-5-4-6-8-16/h4-12,14,18-19H,3,13,21H2,1-2H3,(H,22,24)/t14-,18?,19?/m0/s1. The summed E-state index contributed by atoms with van der Waals surface area (Å²) in [6.45, 7) is 3.89. The van der Waals surface area contributed by atoms with Gasteiger partial charge in [0.2, 0.25) is 5.91 Å². The van der Waals surface area contributed by atoms with E-state index in [1.807, 2.05) is 44.2 Å². The Kier molecular flexibility index (Phi) is 6.86. The minimum Gasteiger partial charge on any atom is -0.327 e. The van der Waals surface area contributed by atoms with Gasteiger partial charge in [0.15, 0.2) is 0 Å². The number of nitrogens with two attached hydrogens (primary N) is 1. The molecule has 6 heteroatoms. The molecule has 26 heavy (non-hydrogen) atoms. The normalized spacial score (nSPS) is 14.3. The predicted octanol–water partition coefficient (Wildman–Crippen LogP) is 4.08. The van der Waals surface area contributed by atoms with Gasteiger partial charge in [0.25, 0.3) is 5.69 Å². The third kappa shape index (κ3) is 5.13. The first-order valence-corrected chi connectivity index (χ1v) is 8.78. The van der Waals surface area contributed by atoms with E-state index in [1.54, 1.807) is 12.1 Å². The van der Waals surface area contributed by atoms with Gasteiger partial charge < -0.3 is 11.1 Å². The Bertz CT molecular complexity index is 732. The Balaban J connectivity index is 2.00. The van der Waals surface area contributed by atoms with Gasteiger partial charge in [-0.1, -0.05) is 44.2 Å². The molecule has 0 bridgehead atoms. The molecule has 0 heterocycles. The molecule has 0 aliphatic carbocycles. The predicted molar refractivity (Wildman–Crippen MR) is 103 cm³/mol. The average Bonchev–Trinajstić information content (AvgIpc) is 2.63. The summed E-state index contributed by atoms with van der Waals surface area (Å²) in [5.74, 6) is -0.259. The van der Waals surface area contributed by atoms with Crippen molar-refractivity contribution in [3.63, 3.8) is 0 Å². The van der Waals surface area contributed by atoms with Crippen LogP contribution in [0.2, 0.25) is 0 Å². The molecule has 0 spiro atoms. The fourth-order valence-corrected chi connectivity index (χ4v) is 3.10. The minimum absolute atomic E-state index is 0.0442. The number of carbonyl (C=O) groups excluding carboxylic acids is 1. The maximum atomic E-state index is 12.4. The second-order valence-electron chi connectivity index (χ2n) is 6.52. The van der Waals surface area contributed by atoms with Crippen LogP contribution < -0.4 is 11.1 Å². The van der Waals surface area contributed by atoms with Gasteiger partial charge in [-0.2, -0.15) is 0 Å². The van der Waals surface area contributed by atoms with Crippen molar-refractivity contribution < 1.29 is 9.72 Å². The number of para-hydroxylation sites is 1. The van der Waals surface area contributed by atoms with E-state index in [0.717, 1.165) is 17.7 Å². The molecule has 3 N–H and O–H groups in total. The molecule has 0 radical (unpaired) electrons. The number of nitro groups is 1. The molecule has 0 saturated heterocycles. The molecule has 0 aliphatic heterocycles. The van der Waals surface area contributed by atoms with Crippen LogP contribution in [-0.2, 0) is 4.79 Å². The van der Waals surface area contributed by atoms with Crippen LogP contribution in [0.4, 0.5) is 11.4 Å². The van der Waals surface area contributed by atoms with Gasteiger partial charge >= 0.3 is 0 Å². The van der Waals surface area contributed by atoms with Gasteiger partial charge in [0.1, 0.15) is 0 Å². The van der Waals surface area contributed by atoms with Crippen molar-refractivity contribution in [2.45, 2.75) is 38.6 Å². The molecule has 2 aromatic carbocycles. The summed E-state index contributed by atoms with van der Waals surface area (Å²) in [4.78, 5) is 22.7. The lowest BCUT2D eigenvalue weighted by atomic mass is 9.84. The van der Waals surface area contributed by atoms with E-state index in [0.29, 0.717) is 6.42 Å². The van der Waals surface area contributed by atoms with Crippen molar-refractivity contribution in [1.29, 1.82) is 0 Å². The van der Waals surface area contributed by atoms with Crippen molar-refractivity contribution in [3.05, 3.63) is 70.3 Å². The highest BCUT2D eigenvalue weighted by molar-refractivity contribution is 5.92. The molecular weight excluding hydrogens is 330 g/mol. The molecule has 2 rings (SSSR count). The van der Waals surface area contributed by atoms with E-state index >= 15 is 0 Å². The fourth-order valence-electron chi connectivity index (χ4n) is 3.10. The highest BCUT2D eigenvalue weighted by atomic mass is 16.6. The van der Waals surface area contributed by atoms with Crippen LogP contribution in [0.15, 0.2) is 54.6 Å². The molecule has 0 fully saturated rings. The smallest absolute Gasteiger partial charge is 0.269 e. The number of anilines is 1. The van der Waals surface area contributed by atoms with E-state index < -0.39 is 4.92 Å². The van der Waals surface area contributed by atoms with Gasteiger partial charge in [-0.15, -0.1) is 0 Å². The van der Waals surface area contributed by atoms with Gasteiger partial charge in [-0.3, -0.25) is 14.9 Å². The SMILES string of the molecule is CCC(c1ccc([N+](=O)[O-])cc1)C(N)C[C@H](C)C(=O)Nc1ccccc1. The largest absolute Gasteiger partial charge is 0.327 e. The van der Waals surface area contributed by atoms with E-state index in [1.165, 1.54) is 12.1 Å². The highest BCUT2D eigenvalue weighted by Crippen LogP contribution is 2.27. The van der Waals surface area contributed by atoms with Crippen LogP contribution in [0.3, 0.4) is 0 Å². The maximum Gasteiger partial charge on any atom is 0.269 e. The number of rotatable bonds is 8. The highest BCUT2D eigenvalue weighted by Gasteiger charge is 2.24. The lowest BCUT2D eigenvalue weighted by molar-refractivity contribution is -0.384. The van der Waals surface area contributed by atoms with Crippen LogP contribution in [0.25, 0.3) is 0 Å². The van der Waals surface area contributed by atoms with E-state index in [2.05, 4.69) is 5.32 Å². The van der Waals surface area contributed by atoms with Crippen LogP contribution in [-0.4, -0.2) is 16.9 Å². The Morgan fingerprint density at radius 3 is 2.31 bits per heavy atom. The first kappa shape index (κ1) is 19.6. The number of nitrogens with one attached hydrogen (secondary N) is 1. The second kappa shape index (κ2) is 9.10. The van der Waals surface area contributed by atoms with Gasteiger partial charge in [0, 0.05) is 29.8 Å². The number of hydrogen-bond donors (Lipinski definition) is 2. The van der Waals surface area contributed by atoms with Crippen molar-refractivity contribution >= 4 is 17.3 Å². The second-order valence-corrected chi connectivity index (χ2v) is 6.52. The number of carbonyl (C=O) groups is 1. The van der Waals surface area contributed by atoms with Crippen molar-refractivity contribution in [2.24, 2.45) is 11.7 Å². The molecule has 0 aliphatic rings. The molecule has 0 saturated carbocycles. The lowest BCUT2D eigenvalue weighted by Gasteiger charge is -2.25. The third-order valence-electron chi connectivity index (χ3n) is 4.60. The molecule has 2 unspecified atom stereocenters. The summed E-state index contributed by atoms with van der Waals surface area (Å²) in [7, 11) is 0. The Morgan fingerprint density at radius 2 is 1.77 bits per heavy atom. The summed E-state index contributed by atoms with van der Waals surface area (Å²) in [6, 6.07) is 15.6.